The molecule has 0 saturated heterocycles. The summed E-state index contributed by atoms with van der Waals surface area (Å²) in [6.45, 7) is 0. The Kier molecular flexibility index (Phi) is 5.38. The van der Waals surface area contributed by atoms with Gasteiger partial charge >= 0.3 is 11.9 Å². The van der Waals surface area contributed by atoms with E-state index in [9.17, 15) is 9.59 Å². The Labute approximate surface area is 113 Å². The molecule has 0 saturated carbocycles. The third-order valence-electron chi connectivity index (χ3n) is 1.99. The molecule has 1 N–H and O–H groups in total. The summed E-state index contributed by atoms with van der Waals surface area (Å²) in [7, 11) is 2.46. The fourth-order valence-corrected chi connectivity index (χ4v) is 1.39. The van der Waals surface area contributed by atoms with E-state index in [-0.39, 0.29) is 5.70 Å². The molecule has 0 bridgehead atoms. The van der Waals surface area contributed by atoms with Crippen LogP contribution in [0.25, 0.3) is 0 Å². The molecule has 18 heavy (non-hydrogen) atoms. The second-order valence-electron chi connectivity index (χ2n) is 3.20. The van der Waals surface area contributed by atoms with E-state index in [0.717, 1.165) is 10.5 Å². The lowest BCUT2D eigenvalue weighted by molar-refractivity contribution is -0.138. The molecule has 0 heterocycles. The Morgan fingerprint density at radius 1 is 1.17 bits per heavy atom. The quantitative estimate of drug-likeness (QED) is 0.681. The van der Waals surface area contributed by atoms with E-state index in [4.69, 9.17) is 0 Å². The molecule has 5 nitrogen and oxygen atoms in total. The highest BCUT2D eigenvalue weighted by Crippen LogP contribution is 2.16. The Bertz CT molecular complexity index is 467. The van der Waals surface area contributed by atoms with Gasteiger partial charge in [0.1, 0.15) is 5.70 Å². The molecule has 0 unspecified atom stereocenters. The standard InChI is InChI=1S/C12H12BrNO4/c1-17-11(15)7-10(12(16)18-2)14-9-5-3-8(13)4-6-9/h3-7,14H,1-2H3/b10-7+. The summed E-state index contributed by atoms with van der Waals surface area (Å²) in [5.41, 5.74) is 0.658. The molecule has 0 atom stereocenters. The SMILES string of the molecule is COC(=O)/C=C(/Nc1ccc(Br)cc1)C(=O)OC. The largest absolute Gasteiger partial charge is 0.466 e. The van der Waals surface area contributed by atoms with Gasteiger partial charge in [-0.2, -0.15) is 0 Å². The maximum absolute atomic E-state index is 11.5. The van der Waals surface area contributed by atoms with Crippen molar-refractivity contribution in [3.05, 3.63) is 40.5 Å². The van der Waals surface area contributed by atoms with Gasteiger partial charge in [-0.15, -0.1) is 0 Å². The fourth-order valence-electron chi connectivity index (χ4n) is 1.12. The van der Waals surface area contributed by atoms with E-state index in [1.54, 1.807) is 24.3 Å². The lowest BCUT2D eigenvalue weighted by atomic mass is 10.3. The third-order valence-corrected chi connectivity index (χ3v) is 2.52. The van der Waals surface area contributed by atoms with Gasteiger partial charge in [0.05, 0.1) is 20.3 Å². The van der Waals surface area contributed by atoms with E-state index in [2.05, 4.69) is 30.7 Å². The number of rotatable bonds is 4. The molecule has 96 valence electrons. The molecule has 0 radical (unpaired) electrons. The van der Waals surface area contributed by atoms with E-state index in [1.165, 1.54) is 14.2 Å². The van der Waals surface area contributed by atoms with Crippen molar-refractivity contribution >= 4 is 33.6 Å². The zero-order valence-corrected chi connectivity index (χ0v) is 11.5. The minimum atomic E-state index is -0.650. The van der Waals surface area contributed by atoms with Crippen LogP contribution in [-0.4, -0.2) is 26.2 Å². The first kappa shape index (κ1) is 14.2. The summed E-state index contributed by atoms with van der Waals surface area (Å²) in [5, 5.41) is 2.79. The first-order valence-corrected chi connectivity index (χ1v) is 5.76. The van der Waals surface area contributed by atoms with Gasteiger partial charge in [0, 0.05) is 10.2 Å². The fraction of sp³-hybridized carbons (Fsp3) is 0.167. The summed E-state index contributed by atoms with van der Waals surface area (Å²) in [6.07, 6.45) is 1.04. The summed E-state index contributed by atoms with van der Waals surface area (Å²) in [4.78, 5) is 22.6. The minimum Gasteiger partial charge on any atom is -0.466 e. The predicted octanol–water partition coefficient (Wildman–Crippen LogP) is 2.09. The number of carbonyl (C=O) groups excluding carboxylic acids is 2. The number of methoxy groups -OCH3 is 2. The van der Waals surface area contributed by atoms with E-state index >= 15 is 0 Å². The smallest absolute Gasteiger partial charge is 0.354 e. The highest BCUT2D eigenvalue weighted by Gasteiger charge is 2.12. The van der Waals surface area contributed by atoms with Crippen molar-refractivity contribution in [3.8, 4) is 0 Å². The van der Waals surface area contributed by atoms with Gasteiger partial charge in [0.25, 0.3) is 0 Å². The number of hydrogen-bond acceptors (Lipinski definition) is 5. The third kappa shape index (κ3) is 4.21. The Morgan fingerprint density at radius 3 is 2.28 bits per heavy atom. The van der Waals surface area contributed by atoms with Gasteiger partial charge in [-0.05, 0) is 24.3 Å². The van der Waals surface area contributed by atoms with Crippen molar-refractivity contribution in [1.82, 2.24) is 0 Å². The minimum absolute atomic E-state index is 0.00618. The van der Waals surface area contributed by atoms with Crippen molar-refractivity contribution in [2.45, 2.75) is 0 Å². The van der Waals surface area contributed by atoms with Crippen LogP contribution in [0, 0.1) is 0 Å². The monoisotopic (exact) mass is 313 g/mol. The highest BCUT2D eigenvalue weighted by molar-refractivity contribution is 9.10. The summed E-state index contributed by atoms with van der Waals surface area (Å²) < 4.78 is 9.94. The highest BCUT2D eigenvalue weighted by atomic mass is 79.9. The van der Waals surface area contributed by atoms with Gasteiger partial charge in [-0.25, -0.2) is 9.59 Å². The first-order chi connectivity index (χ1) is 8.56. The van der Waals surface area contributed by atoms with Crippen LogP contribution < -0.4 is 5.32 Å². The molecule has 1 aromatic carbocycles. The Morgan fingerprint density at radius 2 is 1.78 bits per heavy atom. The van der Waals surface area contributed by atoms with Crippen LogP contribution >= 0.6 is 15.9 Å². The van der Waals surface area contributed by atoms with Gasteiger partial charge in [0.2, 0.25) is 0 Å². The average Bonchev–Trinajstić information content (AvgIpc) is 2.39. The lowest BCUT2D eigenvalue weighted by Gasteiger charge is -2.08. The number of anilines is 1. The van der Waals surface area contributed by atoms with Crippen molar-refractivity contribution in [1.29, 1.82) is 0 Å². The number of hydrogen-bond donors (Lipinski definition) is 1. The Hall–Kier alpha value is -1.82. The number of benzene rings is 1. The molecule has 1 aromatic rings. The van der Waals surface area contributed by atoms with Crippen LogP contribution in [-0.2, 0) is 19.1 Å². The van der Waals surface area contributed by atoms with Crippen LogP contribution in [0.3, 0.4) is 0 Å². The molecule has 0 aliphatic heterocycles. The van der Waals surface area contributed by atoms with Crippen molar-refractivity contribution in [2.24, 2.45) is 0 Å². The van der Waals surface area contributed by atoms with Gasteiger partial charge in [-0.3, -0.25) is 0 Å². The predicted molar refractivity (Wildman–Crippen MR) is 69.9 cm³/mol. The molecule has 1 rings (SSSR count). The summed E-state index contributed by atoms with van der Waals surface area (Å²) in [5.74, 6) is -1.29. The molecule has 6 heteroatoms. The topological polar surface area (TPSA) is 64.6 Å². The zero-order valence-electron chi connectivity index (χ0n) is 9.90. The second-order valence-corrected chi connectivity index (χ2v) is 4.12. The van der Waals surface area contributed by atoms with E-state index < -0.39 is 11.9 Å². The number of ether oxygens (including phenoxy) is 2. The number of carbonyl (C=O) groups is 2. The van der Waals surface area contributed by atoms with Crippen LogP contribution in [0.5, 0.6) is 0 Å². The molecular formula is C12H12BrNO4. The Balaban J connectivity index is 2.91. The van der Waals surface area contributed by atoms with Crippen molar-refractivity contribution < 1.29 is 19.1 Å². The molecule has 0 aliphatic rings. The molecule has 0 spiro atoms. The van der Waals surface area contributed by atoms with E-state index in [1.807, 2.05) is 0 Å². The summed E-state index contributed by atoms with van der Waals surface area (Å²) >= 11 is 3.30. The number of nitrogens with one attached hydrogen (secondary N) is 1. The maximum atomic E-state index is 11.5. The number of halogens is 1. The lowest BCUT2D eigenvalue weighted by Crippen LogP contribution is -2.15. The molecule has 0 fully saturated rings. The molecule has 0 aliphatic carbocycles. The van der Waals surface area contributed by atoms with Crippen LogP contribution in [0.15, 0.2) is 40.5 Å². The number of esters is 2. The molecular weight excluding hydrogens is 302 g/mol. The average molecular weight is 314 g/mol. The van der Waals surface area contributed by atoms with Gasteiger partial charge < -0.3 is 14.8 Å². The van der Waals surface area contributed by atoms with Crippen molar-refractivity contribution in [3.63, 3.8) is 0 Å². The molecule has 0 aromatic heterocycles. The van der Waals surface area contributed by atoms with Crippen LogP contribution in [0.2, 0.25) is 0 Å². The normalized spacial score (nSPS) is 10.7. The van der Waals surface area contributed by atoms with Crippen LogP contribution in [0.1, 0.15) is 0 Å². The zero-order chi connectivity index (χ0) is 13.5. The molecule has 0 amide bonds. The van der Waals surface area contributed by atoms with E-state index in [0.29, 0.717) is 5.69 Å². The second kappa shape index (κ2) is 6.80. The first-order valence-electron chi connectivity index (χ1n) is 4.97. The van der Waals surface area contributed by atoms with Crippen LogP contribution in [0.4, 0.5) is 5.69 Å². The van der Waals surface area contributed by atoms with Gasteiger partial charge in [0.15, 0.2) is 0 Å². The maximum Gasteiger partial charge on any atom is 0.354 e. The summed E-state index contributed by atoms with van der Waals surface area (Å²) in [6, 6.07) is 7.10. The van der Waals surface area contributed by atoms with Gasteiger partial charge in [-0.1, -0.05) is 15.9 Å². The van der Waals surface area contributed by atoms with Crippen molar-refractivity contribution in [2.75, 3.05) is 19.5 Å².